The number of aromatic nitrogens is 2. The lowest BCUT2D eigenvalue weighted by Crippen LogP contribution is -2.04. The van der Waals surface area contributed by atoms with Gasteiger partial charge in [0.15, 0.2) is 0 Å². The summed E-state index contributed by atoms with van der Waals surface area (Å²) in [5.41, 5.74) is 2.57. The van der Waals surface area contributed by atoms with Crippen LogP contribution in [0.3, 0.4) is 0 Å². The molecule has 2 heterocycles. The predicted octanol–water partition coefficient (Wildman–Crippen LogP) is 5.48. The van der Waals surface area contributed by atoms with Gasteiger partial charge in [-0.2, -0.15) is 0 Å². The van der Waals surface area contributed by atoms with E-state index < -0.39 is 5.97 Å². The third-order valence-corrected chi connectivity index (χ3v) is 5.05. The van der Waals surface area contributed by atoms with Crippen LogP contribution in [0.15, 0.2) is 77.5 Å². The molecule has 0 aliphatic rings. The van der Waals surface area contributed by atoms with Gasteiger partial charge >= 0.3 is 5.97 Å². The molecule has 0 unspecified atom stereocenters. The molecule has 0 amide bonds. The number of rotatable bonds is 10. The van der Waals surface area contributed by atoms with E-state index in [0.29, 0.717) is 42.6 Å². The molecule has 4 rings (SSSR count). The van der Waals surface area contributed by atoms with Gasteiger partial charge in [0, 0.05) is 36.9 Å². The molecular weight excluding hydrogens is 420 g/mol. The Kier molecular flexibility index (Phi) is 6.99. The molecule has 0 aliphatic carbocycles. The van der Waals surface area contributed by atoms with E-state index in [9.17, 15) is 4.79 Å². The van der Waals surface area contributed by atoms with Gasteiger partial charge in [0.2, 0.25) is 5.89 Å². The summed E-state index contributed by atoms with van der Waals surface area (Å²) in [5.74, 6) is 2.31. The van der Waals surface area contributed by atoms with Crippen LogP contribution >= 0.6 is 0 Å². The van der Waals surface area contributed by atoms with Gasteiger partial charge in [0.25, 0.3) is 0 Å². The summed E-state index contributed by atoms with van der Waals surface area (Å²) in [7, 11) is 0. The minimum absolute atomic E-state index is 0.0160. The summed E-state index contributed by atoms with van der Waals surface area (Å²) in [4.78, 5) is 19.6. The minimum Gasteiger partial charge on any atom is -0.493 e. The molecule has 2 aromatic heterocycles. The number of benzene rings is 2. The molecule has 0 fully saturated rings. The highest BCUT2D eigenvalue weighted by Gasteiger charge is 2.13. The summed E-state index contributed by atoms with van der Waals surface area (Å²) in [5, 5.41) is 9.04. The zero-order valence-corrected chi connectivity index (χ0v) is 18.2. The average Bonchev–Trinajstić information content (AvgIpc) is 3.20. The molecule has 0 radical (unpaired) electrons. The van der Waals surface area contributed by atoms with Crippen LogP contribution in [0, 0.1) is 6.92 Å². The van der Waals surface area contributed by atoms with Crippen LogP contribution in [0.2, 0.25) is 0 Å². The van der Waals surface area contributed by atoms with Crippen LogP contribution in [-0.4, -0.2) is 27.7 Å². The highest BCUT2D eigenvalue weighted by Crippen LogP contribution is 2.30. The maximum Gasteiger partial charge on any atom is 0.303 e. The number of ether oxygens (including phenoxy) is 2. The third-order valence-electron chi connectivity index (χ3n) is 5.05. The van der Waals surface area contributed by atoms with Crippen LogP contribution in [0.25, 0.3) is 11.5 Å². The molecule has 7 heteroatoms. The SMILES string of the molecule is Cc1oc(-c2ccccc2)nc1CCOc1ccc(CCC(=O)O)c(Oc2ccncc2)c1. The van der Waals surface area contributed by atoms with Crippen LogP contribution in [0.1, 0.15) is 23.4 Å². The highest BCUT2D eigenvalue weighted by molar-refractivity contribution is 5.67. The Balaban J connectivity index is 1.44. The number of hydrogen-bond acceptors (Lipinski definition) is 6. The van der Waals surface area contributed by atoms with E-state index >= 15 is 0 Å². The Morgan fingerprint density at radius 3 is 2.55 bits per heavy atom. The van der Waals surface area contributed by atoms with Gasteiger partial charge in [-0.15, -0.1) is 0 Å². The molecular formula is C26H24N2O5. The monoisotopic (exact) mass is 444 g/mol. The van der Waals surface area contributed by atoms with E-state index in [1.807, 2.05) is 49.4 Å². The fraction of sp³-hybridized carbons (Fsp3) is 0.192. The first kappa shape index (κ1) is 22.1. The normalized spacial score (nSPS) is 10.7. The molecule has 0 aliphatic heterocycles. The van der Waals surface area contributed by atoms with Gasteiger partial charge in [-0.05, 0) is 49.2 Å². The minimum atomic E-state index is -0.858. The number of pyridine rings is 1. The number of aliphatic carboxylic acids is 1. The summed E-state index contributed by atoms with van der Waals surface area (Å²) in [6.45, 7) is 2.30. The lowest BCUT2D eigenvalue weighted by Gasteiger charge is -2.13. The fourth-order valence-electron chi connectivity index (χ4n) is 3.33. The van der Waals surface area contributed by atoms with Crippen LogP contribution in [0.5, 0.6) is 17.2 Å². The fourth-order valence-corrected chi connectivity index (χ4v) is 3.33. The number of carbonyl (C=O) groups is 1. The lowest BCUT2D eigenvalue weighted by molar-refractivity contribution is -0.136. The zero-order chi connectivity index (χ0) is 23.0. The van der Waals surface area contributed by atoms with Gasteiger partial charge in [-0.3, -0.25) is 9.78 Å². The molecule has 2 aromatic carbocycles. The lowest BCUT2D eigenvalue weighted by atomic mass is 10.1. The Bertz CT molecular complexity index is 1210. The van der Waals surface area contributed by atoms with Crippen molar-refractivity contribution in [2.45, 2.75) is 26.2 Å². The second-order valence-corrected chi connectivity index (χ2v) is 7.43. The van der Waals surface area contributed by atoms with Gasteiger partial charge in [-0.25, -0.2) is 4.98 Å². The van der Waals surface area contributed by atoms with Crippen molar-refractivity contribution in [1.82, 2.24) is 9.97 Å². The van der Waals surface area contributed by atoms with E-state index in [1.54, 1.807) is 30.6 Å². The molecule has 0 saturated carbocycles. The van der Waals surface area contributed by atoms with Crippen molar-refractivity contribution in [2.24, 2.45) is 0 Å². The van der Waals surface area contributed by atoms with E-state index in [0.717, 1.165) is 22.6 Å². The Hall–Kier alpha value is -4.13. The van der Waals surface area contributed by atoms with Gasteiger partial charge in [0.1, 0.15) is 23.0 Å². The first-order valence-corrected chi connectivity index (χ1v) is 10.7. The van der Waals surface area contributed by atoms with Crippen molar-refractivity contribution in [1.29, 1.82) is 0 Å². The van der Waals surface area contributed by atoms with Crippen LogP contribution in [0.4, 0.5) is 0 Å². The van der Waals surface area contributed by atoms with Gasteiger partial charge in [-0.1, -0.05) is 24.3 Å². The van der Waals surface area contributed by atoms with E-state index in [4.69, 9.17) is 19.0 Å². The van der Waals surface area contributed by atoms with Crippen LogP contribution < -0.4 is 9.47 Å². The third kappa shape index (κ3) is 5.98. The topological polar surface area (TPSA) is 94.7 Å². The molecule has 7 nitrogen and oxygen atoms in total. The summed E-state index contributed by atoms with van der Waals surface area (Å²) in [6.07, 6.45) is 4.23. The molecule has 168 valence electrons. The zero-order valence-electron chi connectivity index (χ0n) is 18.2. The van der Waals surface area contributed by atoms with Crippen LogP contribution in [-0.2, 0) is 17.6 Å². The number of carboxylic acids is 1. The summed E-state index contributed by atoms with van der Waals surface area (Å²) in [6, 6.07) is 18.7. The van der Waals surface area contributed by atoms with Gasteiger partial charge < -0.3 is 19.0 Å². The predicted molar refractivity (Wildman–Crippen MR) is 123 cm³/mol. The highest BCUT2D eigenvalue weighted by atomic mass is 16.5. The molecule has 33 heavy (non-hydrogen) atoms. The summed E-state index contributed by atoms with van der Waals surface area (Å²) < 4.78 is 17.7. The van der Waals surface area contributed by atoms with Crippen molar-refractivity contribution < 1.29 is 23.8 Å². The van der Waals surface area contributed by atoms with E-state index in [-0.39, 0.29) is 6.42 Å². The largest absolute Gasteiger partial charge is 0.493 e. The van der Waals surface area contributed by atoms with Gasteiger partial charge in [0.05, 0.1) is 12.3 Å². The van der Waals surface area contributed by atoms with E-state index in [2.05, 4.69) is 9.97 Å². The van der Waals surface area contributed by atoms with Crippen molar-refractivity contribution in [2.75, 3.05) is 6.61 Å². The average molecular weight is 444 g/mol. The second-order valence-electron chi connectivity index (χ2n) is 7.43. The maximum absolute atomic E-state index is 11.0. The number of aryl methyl sites for hydroxylation is 2. The Morgan fingerprint density at radius 2 is 1.79 bits per heavy atom. The Morgan fingerprint density at radius 1 is 1.00 bits per heavy atom. The maximum atomic E-state index is 11.0. The molecule has 1 N–H and O–H groups in total. The second kappa shape index (κ2) is 10.5. The standard InChI is InChI=1S/C26H24N2O5/c1-18-23(28-26(32-18)20-5-3-2-4-6-20)13-16-31-22-9-7-19(8-10-25(29)30)24(17-22)33-21-11-14-27-15-12-21/h2-7,9,11-12,14-15,17H,8,10,13,16H2,1H3,(H,29,30). The van der Waals surface area contributed by atoms with E-state index in [1.165, 1.54) is 0 Å². The van der Waals surface area contributed by atoms with Crippen molar-refractivity contribution in [3.05, 3.63) is 90.1 Å². The Labute approximate surface area is 191 Å². The molecule has 0 atom stereocenters. The number of hydrogen-bond donors (Lipinski definition) is 1. The summed E-state index contributed by atoms with van der Waals surface area (Å²) >= 11 is 0. The number of oxazole rings is 1. The van der Waals surface area contributed by atoms with Crippen molar-refractivity contribution >= 4 is 5.97 Å². The van der Waals surface area contributed by atoms with Crippen molar-refractivity contribution in [3.63, 3.8) is 0 Å². The quantitative estimate of drug-likeness (QED) is 0.346. The van der Waals surface area contributed by atoms with Crippen molar-refractivity contribution in [3.8, 4) is 28.7 Å². The molecule has 4 aromatic rings. The molecule has 0 spiro atoms. The number of nitrogens with zero attached hydrogens (tertiary/aromatic N) is 2. The first-order chi connectivity index (χ1) is 16.1. The molecule has 0 saturated heterocycles. The molecule has 0 bridgehead atoms. The number of carboxylic acid groups (broad SMARTS) is 1. The smallest absolute Gasteiger partial charge is 0.303 e. The first-order valence-electron chi connectivity index (χ1n) is 10.7.